The number of anilines is 2. The average molecular weight is 423 g/mol. The molecule has 0 aliphatic carbocycles. The van der Waals surface area contributed by atoms with Crippen LogP contribution in [0.3, 0.4) is 0 Å². The molecule has 8 heteroatoms. The summed E-state index contributed by atoms with van der Waals surface area (Å²) in [6.45, 7) is 3.76. The number of hydrogen-bond donors (Lipinski definition) is 3. The summed E-state index contributed by atoms with van der Waals surface area (Å²) in [4.78, 5) is 39.3. The quantitative estimate of drug-likeness (QED) is 0.590. The van der Waals surface area contributed by atoms with Crippen molar-refractivity contribution in [1.29, 1.82) is 0 Å². The SMILES string of the molecule is COC(=O)C1=C(Nc2ccccc2C(=O)Nc2cccc(C)c2C)C(=O)N(CCO)C1. The summed E-state index contributed by atoms with van der Waals surface area (Å²) in [5, 5.41) is 15.1. The number of carbonyl (C=O) groups is 3. The summed E-state index contributed by atoms with van der Waals surface area (Å²) in [6.07, 6.45) is 0. The number of amides is 2. The van der Waals surface area contributed by atoms with E-state index < -0.39 is 11.9 Å². The van der Waals surface area contributed by atoms with Gasteiger partial charge in [-0.3, -0.25) is 9.59 Å². The second kappa shape index (κ2) is 9.44. The van der Waals surface area contributed by atoms with E-state index in [0.717, 1.165) is 11.1 Å². The summed E-state index contributed by atoms with van der Waals surface area (Å²) in [5.74, 6) is -1.44. The van der Waals surface area contributed by atoms with Crippen LogP contribution in [-0.2, 0) is 14.3 Å². The van der Waals surface area contributed by atoms with Crippen molar-refractivity contribution in [2.24, 2.45) is 0 Å². The van der Waals surface area contributed by atoms with E-state index in [4.69, 9.17) is 4.74 Å². The molecule has 0 spiro atoms. The monoisotopic (exact) mass is 423 g/mol. The van der Waals surface area contributed by atoms with E-state index in [1.807, 2.05) is 32.0 Å². The lowest BCUT2D eigenvalue weighted by atomic mass is 10.1. The van der Waals surface area contributed by atoms with E-state index in [2.05, 4.69) is 10.6 Å². The number of aliphatic hydroxyl groups is 1. The Morgan fingerprint density at radius 3 is 2.52 bits per heavy atom. The van der Waals surface area contributed by atoms with Gasteiger partial charge in [-0.1, -0.05) is 24.3 Å². The van der Waals surface area contributed by atoms with E-state index >= 15 is 0 Å². The minimum atomic E-state index is -0.645. The molecule has 0 unspecified atom stereocenters. The molecule has 0 saturated carbocycles. The molecule has 2 aromatic carbocycles. The van der Waals surface area contributed by atoms with Crippen molar-refractivity contribution in [3.05, 3.63) is 70.4 Å². The van der Waals surface area contributed by atoms with Gasteiger partial charge in [0.25, 0.3) is 11.8 Å². The van der Waals surface area contributed by atoms with Crippen LogP contribution in [0.5, 0.6) is 0 Å². The normalized spacial score (nSPS) is 13.4. The lowest BCUT2D eigenvalue weighted by molar-refractivity contribution is -0.136. The number of nitrogens with zero attached hydrogens (tertiary/aromatic N) is 1. The standard InChI is InChI=1S/C23H25N3O5/c1-14-7-6-10-18(15(14)2)25-21(28)16-8-4-5-9-19(16)24-20-17(23(30)31-3)13-26(11-12-27)22(20)29/h4-10,24,27H,11-13H2,1-3H3,(H,25,28). The highest BCUT2D eigenvalue weighted by Gasteiger charge is 2.34. The van der Waals surface area contributed by atoms with Crippen molar-refractivity contribution in [2.45, 2.75) is 13.8 Å². The van der Waals surface area contributed by atoms with Crippen LogP contribution >= 0.6 is 0 Å². The molecule has 1 heterocycles. The third-order valence-corrected chi connectivity index (χ3v) is 5.24. The van der Waals surface area contributed by atoms with Gasteiger partial charge in [0.1, 0.15) is 5.70 Å². The minimum absolute atomic E-state index is 0.0191. The fourth-order valence-electron chi connectivity index (χ4n) is 3.35. The molecule has 3 rings (SSSR count). The number of aliphatic hydroxyl groups excluding tert-OH is 1. The first-order valence-electron chi connectivity index (χ1n) is 9.82. The molecule has 1 aliphatic heterocycles. The van der Waals surface area contributed by atoms with Crippen molar-refractivity contribution in [3.8, 4) is 0 Å². The van der Waals surface area contributed by atoms with E-state index in [-0.39, 0.29) is 36.9 Å². The van der Waals surface area contributed by atoms with Crippen LogP contribution in [0.2, 0.25) is 0 Å². The fraction of sp³-hybridized carbons (Fsp3) is 0.261. The lowest BCUT2D eigenvalue weighted by Crippen LogP contribution is -2.31. The number of hydrogen-bond acceptors (Lipinski definition) is 6. The molecule has 1 aliphatic rings. The number of benzene rings is 2. The molecule has 162 valence electrons. The first kappa shape index (κ1) is 22.0. The number of carbonyl (C=O) groups excluding carboxylic acids is 3. The average Bonchev–Trinajstić information content (AvgIpc) is 3.07. The fourth-order valence-corrected chi connectivity index (χ4v) is 3.35. The Bertz CT molecular complexity index is 1060. The van der Waals surface area contributed by atoms with E-state index in [1.54, 1.807) is 24.3 Å². The summed E-state index contributed by atoms with van der Waals surface area (Å²) in [7, 11) is 1.23. The first-order valence-corrected chi connectivity index (χ1v) is 9.82. The summed E-state index contributed by atoms with van der Waals surface area (Å²) < 4.78 is 4.80. The van der Waals surface area contributed by atoms with E-state index in [9.17, 15) is 19.5 Å². The van der Waals surface area contributed by atoms with Crippen molar-refractivity contribution >= 4 is 29.2 Å². The molecule has 3 N–H and O–H groups in total. The van der Waals surface area contributed by atoms with Crippen molar-refractivity contribution in [1.82, 2.24) is 4.90 Å². The maximum atomic E-state index is 13.0. The highest BCUT2D eigenvalue weighted by atomic mass is 16.5. The van der Waals surface area contributed by atoms with Crippen LogP contribution in [0.25, 0.3) is 0 Å². The number of nitrogens with one attached hydrogen (secondary N) is 2. The highest BCUT2D eigenvalue weighted by Crippen LogP contribution is 2.26. The Hall–Kier alpha value is -3.65. The predicted molar refractivity (Wildman–Crippen MR) is 117 cm³/mol. The molecule has 0 bridgehead atoms. The molecular weight excluding hydrogens is 398 g/mol. The summed E-state index contributed by atoms with van der Waals surface area (Å²) in [5.41, 5.74) is 3.58. The van der Waals surface area contributed by atoms with Crippen molar-refractivity contribution < 1.29 is 24.2 Å². The van der Waals surface area contributed by atoms with Gasteiger partial charge >= 0.3 is 5.97 Å². The van der Waals surface area contributed by atoms with Crippen LogP contribution in [0.4, 0.5) is 11.4 Å². The zero-order valence-corrected chi connectivity index (χ0v) is 17.7. The molecule has 8 nitrogen and oxygen atoms in total. The maximum absolute atomic E-state index is 13.0. The van der Waals surface area contributed by atoms with Crippen LogP contribution in [0, 0.1) is 13.8 Å². The van der Waals surface area contributed by atoms with Gasteiger partial charge in [0.15, 0.2) is 0 Å². The molecule has 31 heavy (non-hydrogen) atoms. The zero-order valence-electron chi connectivity index (χ0n) is 17.7. The Morgan fingerprint density at radius 1 is 1.10 bits per heavy atom. The lowest BCUT2D eigenvalue weighted by Gasteiger charge is -2.16. The molecule has 2 aromatic rings. The Balaban J connectivity index is 1.92. The third-order valence-electron chi connectivity index (χ3n) is 5.24. The summed E-state index contributed by atoms with van der Waals surface area (Å²) in [6, 6.07) is 12.4. The van der Waals surface area contributed by atoms with E-state index in [1.165, 1.54) is 12.0 Å². The molecule has 0 aromatic heterocycles. The number of esters is 1. The molecule has 2 amide bonds. The van der Waals surface area contributed by atoms with Gasteiger partial charge in [-0.05, 0) is 43.2 Å². The van der Waals surface area contributed by atoms with E-state index in [0.29, 0.717) is 16.9 Å². The van der Waals surface area contributed by atoms with Gasteiger partial charge < -0.3 is 25.4 Å². The Morgan fingerprint density at radius 2 is 1.81 bits per heavy atom. The van der Waals surface area contributed by atoms with Gasteiger partial charge in [0, 0.05) is 12.2 Å². The number of methoxy groups -OCH3 is 1. The number of para-hydroxylation sites is 1. The maximum Gasteiger partial charge on any atom is 0.337 e. The number of ether oxygens (including phenoxy) is 1. The van der Waals surface area contributed by atoms with Crippen LogP contribution < -0.4 is 10.6 Å². The van der Waals surface area contributed by atoms with Crippen LogP contribution in [0.1, 0.15) is 21.5 Å². The van der Waals surface area contributed by atoms with Crippen LogP contribution in [-0.4, -0.2) is 54.6 Å². The molecule has 0 saturated heterocycles. The number of aryl methyl sites for hydroxylation is 1. The van der Waals surface area contributed by atoms with Gasteiger partial charge in [-0.15, -0.1) is 0 Å². The molecule has 0 radical (unpaired) electrons. The Kier molecular flexibility index (Phi) is 6.71. The second-order valence-corrected chi connectivity index (χ2v) is 7.17. The van der Waals surface area contributed by atoms with Gasteiger partial charge in [0.05, 0.1) is 37.1 Å². The largest absolute Gasteiger partial charge is 0.466 e. The van der Waals surface area contributed by atoms with Gasteiger partial charge in [-0.2, -0.15) is 0 Å². The molecule has 0 fully saturated rings. The second-order valence-electron chi connectivity index (χ2n) is 7.17. The summed E-state index contributed by atoms with van der Waals surface area (Å²) >= 11 is 0. The number of rotatable bonds is 7. The first-order chi connectivity index (χ1) is 14.9. The molecular formula is C23H25N3O5. The van der Waals surface area contributed by atoms with Gasteiger partial charge in [-0.25, -0.2) is 4.79 Å². The molecule has 0 atom stereocenters. The zero-order chi connectivity index (χ0) is 22.5. The highest BCUT2D eigenvalue weighted by molar-refractivity contribution is 6.12. The van der Waals surface area contributed by atoms with Crippen molar-refractivity contribution in [2.75, 3.05) is 37.4 Å². The van der Waals surface area contributed by atoms with Gasteiger partial charge in [0.2, 0.25) is 0 Å². The third kappa shape index (κ3) is 4.59. The topological polar surface area (TPSA) is 108 Å². The van der Waals surface area contributed by atoms with Crippen LogP contribution in [0.15, 0.2) is 53.7 Å². The Labute approximate surface area is 180 Å². The van der Waals surface area contributed by atoms with Crippen molar-refractivity contribution in [3.63, 3.8) is 0 Å². The number of β-amino-alcohol motifs (C(OH)–C–C–N with tert-alkyl or cyclic N) is 1. The minimum Gasteiger partial charge on any atom is -0.466 e. The predicted octanol–water partition coefficient (Wildman–Crippen LogP) is 2.23. The smallest absolute Gasteiger partial charge is 0.337 e.